The largest absolute Gasteiger partial charge is 0.370 e. The molecule has 0 bridgehead atoms. The molecule has 0 aromatic carbocycles. The van der Waals surface area contributed by atoms with E-state index in [-0.39, 0.29) is 0 Å². The second kappa shape index (κ2) is 5.21. The first-order valence-corrected chi connectivity index (χ1v) is 5.33. The summed E-state index contributed by atoms with van der Waals surface area (Å²) in [6, 6.07) is 7.84. The van der Waals surface area contributed by atoms with Crippen molar-refractivity contribution in [3.05, 3.63) is 48.2 Å². The van der Waals surface area contributed by atoms with Crippen molar-refractivity contribution in [3.63, 3.8) is 0 Å². The van der Waals surface area contributed by atoms with E-state index in [1.807, 2.05) is 31.2 Å². The Labute approximate surface area is 94.8 Å². The Hall–Kier alpha value is -1.97. The summed E-state index contributed by atoms with van der Waals surface area (Å²) in [5, 5.41) is 3.16. The van der Waals surface area contributed by atoms with Crippen molar-refractivity contribution < 1.29 is 0 Å². The van der Waals surface area contributed by atoms with Crippen LogP contribution in [0, 0.1) is 0 Å². The molecule has 0 fully saturated rings. The highest BCUT2D eigenvalue weighted by Crippen LogP contribution is 2.07. The molecule has 2 aromatic rings. The van der Waals surface area contributed by atoms with Crippen LogP contribution in [0.5, 0.6) is 0 Å². The summed E-state index contributed by atoms with van der Waals surface area (Å²) in [4.78, 5) is 12.6. The van der Waals surface area contributed by atoms with Crippen LogP contribution in [0.15, 0.2) is 36.8 Å². The summed E-state index contributed by atoms with van der Waals surface area (Å²) in [5.41, 5.74) is 1.99. The lowest BCUT2D eigenvalue weighted by Crippen LogP contribution is -2.02. The van der Waals surface area contributed by atoms with Gasteiger partial charge in [-0.2, -0.15) is 0 Å². The normalized spacial score (nSPS) is 10.1. The van der Waals surface area contributed by atoms with E-state index < -0.39 is 0 Å². The number of hydrogen-bond acceptors (Lipinski definition) is 4. The van der Waals surface area contributed by atoms with E-state index in [1.165, 1.54) is 0 Å². The zero-order chi connectivity index (χ0) is 11.2. The predicted molar refractivity (Wildman–Crippen MR) is 63.2 cm³/mol. The van der Waals surface area contributed by atoms with E-state index in [0.29, 0.717) is 0 Å². The van der Waals surface area contributed by atoms with Crippen molar-refractivity contribution in [2.45, 2.75) is 13.3 Å². The summed E-state index contributed by atoms with van der Waals surface area (Å²) in [6.07, 6.45) is 4.11. The molecule has 2 rings (SSSR count). The summed E-state index contributed by atoms with van der Waals surface area (Å²) in [6.45, 7) is 2.90. The molecule has 0 radical (unpaired) electrons. The molecular formula is C12H14N4. The van der Waals surface area contributed by atoms with Gasteiger partial charge in [-0.25, -0.2) is 9.97 Å². The molecule has 0 aliphatic heterocycles. The van der Waals surface area contributed by atoms with Gasteiger partial charge in [0.1, 0.15) is 12.1 Å². The average molecular weight is 214 g/mol. The maximum Gasteiger partial charge on any atom is 0.129 e. The third-order valence-corrected chi connectivity index (χ3v) is 2.17. The minimum absolute atomic E-state index is 0.738. The van der Waals surface area contributed by atoms with Crippen molar-refractivity contribution in [1.29, 1.82) is 0 Å². The van der Waals surface area contributed by atoms with Crippen molar-refractivity contribution in [1.82, 2.24) is 15.0 Å². The molecule has 1 N–H and O–H groups in total. The van der Waals surface area contributed by atoms with Crippen LogP contribution in [0.4, 0.5) is 5.82 Å². The first-order valence-electron chi connectivity index (χ1n) is 5.33. The Balaban J connectivity index is 2.12. The maximum atomic E-state index is 4.27. The molecule has 0 atom stereocenters. The van der Waals surface area contributed by atoms with Gasteiger partial charge in [0.15, 0.2) is 0 Å². The van der Waals surface area contributed by atoms with Gasteiger partial charge >= 0.3 is 0 Å². The molecule has 2 aromatic heterocycles. The average Bonchev–Trinajstić information content (AvgIpc) is 2.31. The van der Waals surface area contributed by atoms with Crippen LogP contribution in [0.3, 0.4) is 0 Å². The molecule has 4 nitrogen and oxygen atoms in total. The third kappa shape index (κ3) is 2.76. The maximum absolute atomic E-state index is 4.27. The van der Waals surface area contributed by atoms with Gasteiger partial charge in [0.25, 0.3) is 0 Å². The van der Waals surface area contributed by atoms with Gasteiger partial charge in [0.2, 0.25) is 0 Å². The molecule has 0 unspecified atom stereocenters. The molecule has 4 heteroatoms. The van der Waals surface area contributed by atoms with E-state index in [0.717, 1.165) is 30.2 Å². The van der Waals surface area contributed by atoms with E-state index in [1.54, 1.807) is 12.5 Å². The smallest absolute Gasteiger partial charge is 0.129 e. The molecule has 0 aliphatic rings. The summed E-state index contributed by atoms with van der Waals surface area (Å²) < 4.78 is 0. The van der Waals surface area contributed by atoms with E-state index in [9.17, 15) is 0 Å². The highest BCUT2D eigenvalue weighted by atomic mass is 15.0. The molecule has 0 amide bonds. The third-order valence-electron chi connectivity index (χ3n) is 2.17. The number of nitrogens with one attached hydrogen (secondary N) is 1. The number of hydrogen-bond donors (Lipinski definition) is 1. The van der Waals surface area contributed by atoms with E-state index in [4.69, 9.17) is 0 Å². The van der Waals surface area contributed by atoms with Crippen LogP contribution in [-0.2, 0) is 6.42 Å². The zero-order valence-corrected chi connectivity index (χ0v) is 9.22. The van der Waals surface area contributed by atoms with Crippen LogP contribution >= 0.6 is 0 Å². The Morgan fingerprint density at radius 1 is 1.12 bits per heavy atom. The van der Waals surface area contributed by atoms with E-state index >= 15 is 0 Å². The molecule has 82 valence electrons. The Morgan fingerprint density at radius 3 is 2.81 bits per heavy atom. The van der Waals surface area contributed by atoms with E-state index in [2.05, 4.69) is 20.3 Å². The fourth-order valence-corrected chi connectivity index (χ4v) is 1.46. The Bertz CT molecular complexity index is 442. The number of nitrogens with zero attached hydrogens (tertiary/aromatic N) is 3. The van der Waals surface area contributed by atoms with Crippen molar-refractivity contribution in [2.75, 3.05) is 11.9 Å². The van der Waals surface area contributed by atoms with Crippen molar-refractivity contribution >= 4 is 5.82 Å². The van der Waals surface area contributed by atoms with Crippen molar-refractivity contribution in [3.8, 4) is 0 Å². The topological polar surface area (TPSA) is 50.7 Å². The molecule has 2 heterocycles. The van der Waals surface area contributed by atoms with Gasteiger partial charge in [-0.1, -0.05) is 6.07 Å². The van der Waals surface area contributed by atoms with Crippen LogP contribution < -0.4 is 5.32 Å². The van der Waals surface area contributed by atoms with Crippen LogP contribution in [-0.4, -0.2) is 21.5 Å². The summed E-state index contributed by atoms with van der Waals surface area (Å²) in [5.74, 6) is 0.864. The fourth-order valence-electron chi connectivity index (χ4n) is 1.46. The first kappa shape index (κ1) is 10.5. The number of aromatic nitrogens is 3. The SMILES string of the molecule is CCNc1cc(Cc2ccccn2)ncn1. The second-order valence-electron chi connectivity index (χ2n) is 3.42. The summed E-state index contributed by atoms with van der Waals surface area (Å²) >= 11 is 0. The standard InChI is InChI=1S/C12H14N4/c1-2-13-12-8-11(15-9-16-12)7-10-5-3-4-6-14-10/h3-6,8-9H,2,7H2,1H3,(H,13,15,16). The first-order chi connectivity index (χ1) is 7.88. The highest BCUT2D eigenvalue weighted by molar-refractivity contribution is 5.35. The minimum Gasteiger partial charge on any atom is -0.370 e. The van der Waals surface area contributed by atoms with Crippen LogP contribution in [0.2, 0.25) is 0 Å². The molecular weight excluding hydrogens is 200 g/mol. The quantitative estimate of drug-likeness (QED) is 0.844. The van der Waals surface area contributed by atoms with Gasteiger partial charge in [-0.05, 0) is 19.1 Å². The lowest BCUT2D eigenvalue weighted by Gasteiger charge is -2.04. The highest BCUT2D eigenvalue weighted by Gasteiger charge is 2.00. The lowest BCUT2D eigenvalue weighted by molar-refractivity contribution is 0.981. The molecule has 0 spiro atoms. The van der Waals surface area contributed by atoms with Gasteiger partial charge in [0.05, 0.1) is 5.69 Å². The number of anilines is 1. The van der Waals surface area contributed by atoms with Gasteiger partial charge in [-0.3, -0.25) is 4.98 Å². The molecule has 0 saturated carbocycles. The lowest BCUT2D eigenvalue weighted by atomic mass is 10.2. The predicted octanol–water partition coefficient (Wildman–Crippen LogP) is 1.89. The Kier molecular flexibility index (Phi) is 3.43. The number of pyridine rings is 1. The van der Waals surface area contributed by atoms with Crippen LogP contribution in [0.1, 0.15) is 18.3 Å². The zero-order valence-electron chi connectivity index (χ0n) is 9.22. The second-order valence-corrected chi connectivity index (χ2v) is 3.42. The summed E-state index contributed by atoms with van der Waals surface area (Å²) in [7, 11) is 0. The monoisotopic (exact) mass is 214 g/mol. The molecule has 16 heavy (non-hydrogen) atoms. The van der Waals surface area contributed by atoms with Crippen molar-refractivity contribution in [2.24, 2.45) is 0 Å². The fraction of sp³-hybridized carbons (Fsp3) is 0.250. The minimum atomic E-state index is 0.738. The van der Waals surface area contributed by atoms with Gasteiger partial charge in [0, 0.05) is 30.9 Å². The Morgan fingerprint density at radius 2 is 2.06 bits per heavy atom. The molecule has 0 aliphatic carbocycles. The number of rotatable bonds is 4. The van der Waals surface area contributed by atoms with Gasteiger partial charge < -0.3 is 5.32 Å². The molecule has 0 saturated heterocycles. The van der Waals surface area contributed by atoms with Crippen LogP contribution in [0.25, 0.3) is 0 Å². The van der Waals surface area contributed by atoms with Gasteiger partial charge in [-0.15, -0.1) is 0 Å².